The molecule has 1 atom stereocenters. The van der Waals surface area contributed by atoms with Crippen LogP contribution >= 0.6 is 0 Å². The number of rotatable bonds is 3. The zero-order chi connectivity index (χ0) is 16.5. The van der Waals surface area contributed by atoms with Crippen LogP contribution in [0, 0.1) is 11.3 Å². The minimum Gasteiger partial charge on any atom is -0.396 e. The van der Waals surface area contributed by atoms with Gasteiger partial charge in [0.1, 0.15) is 0 Å². The first kappa shape index (κ1) is 16.7. The summed E-state index contributed by atoms with van der Waals surface area (Å²) in [5.41, 5.74) is 0.442. The van der Waals surface area contributed by atoms with E-state index in [9.17, 15) is 18.3 Å². The molecule has 23 heavy (non-hydrogen) atoms. The minimum absolute atomic E-state index is 0.159. The highest BCUT2D eigenvalue weighted by Gasteiger charge is 2.46. The Kier molecular flexibility index (Phi) is 4.67. The lowest BCUT2D eigenvalue weighted by Gasteiger charge is -2.38. The fourth-order valence-electron chi connectivity index (χ4n) is 4.06. The Labute approximate surface area is 134 Å². The molecule has 1 unspecified atom stereocenters. The molecule has 2 aliphatic rings. The maximum atomic E-state index is 12.6. The fourth-order valence-corrected chi connectivity index (χ4v) is 4.06. The van der Waals surface area contributed by atoms with E-state index in [4.69, 9.17) is 0 Å². The predicted molar refractivity (Wildman–Crippen MR) is 81.8 cm³/mol. The lowest BCUT2D eigenvalue weighted by atomic mass is 9.71. The van der Waals surface area contributed by atoms with Crippen LogP contribution in [0.5, 0.6) is 0 Å². The van der Waals surface area contributed by atoms with Gasteiger partial charge in [-0.3, -0.25) is 4.90 Å². The van der Waals surface area contributed by atoms with E-state index >= 15 is 0 Å². The number of aliphatic hydroxyl groups is 1. The molecule has 3 nitrogen and oxygen atoms in total. The summed E-state index contributed by atoms with van der Waals surface area (Å²) >= 11 is 0. The van der Waals surface area contributed by atoms with Gasteiger partial charge in [0, 0.05) is 32.2 Å². The lowest BCUT2D eigenvalue weighted by Crippen LogP contribution is -2.42. The first-order valence-electron chi connectivity index (χ1n) is 8.13. The number of likely N-dealkylation sites (tertiary alicyclic amines) is 1. The van der Waals surface area contributed by atoms with Gasteiger partial charge < -0.3 is 10.4 Å². The van der Waals surface area contributed by atoms with E-state index in [1.165, 1.54) is 0 Å². The number of benzene rings is 1. The Hall–Kier alpha value is -1.11. The molecule has 0 amide bonds. The Morgan fingerprint density at radius 3 is 2.39 bits per heavy atom. The van der Waals surface area contributed by atoms with Gasteiger partial charge in [0.2, 0.25) is 0 Å². The third-order valence-electron chi connectivity index (χ3n) is 5.39. The predicted octanol–water partition coefficient (Wildman–Crippen LogP) is 2.50. The second-order valence-electron chi connectivity index (χ2n) is 6.86. The van der Waals surface area contributed by atoms with Crippen molar-refractivity contribution in [3.63, 3.8) is 0 Å². The van der Waals surface area contributed by atoms with E-state index < -0.39 is 11.7 Å². The number of hydrogen-bond acceptors (Lipinski definition) is 3. The van der Waals surface area contributed by atoms with Gasteiger partial charge in [-0.15, -0.1) is 0 Å². The van der Waals surface area contributed by atoms with Crippen molar-refractivity contribution in [3.8, 4) is 0 Å². The maximum Gasteiger partial charge on any atom is 0.416 e. The minimum atomic E-state index is -4.28. The Balaban J connectivity index is 1.67. The molecule has 6 heteroatoms. The van der Waals surface area contributed by atoms with E-state index in [1.54, 1.807) is 12.1 Å². The lowest BCUT2D eigenvalue weighted by molar-refractivity contribution is -0.137. The molecule has 2 N–H and O–H groups in total. The van der Waals surface area contributed by atoms with Crippen molar-refractivity contribution in [2.45, 2.75) is 25.6 Å². The summed E-state index contributed by atoms with van der Waals surface area (Å²) in [5, 5.41) is 13.1. The number of nitrogens with zero attached hydrogens (tertiary/aromatic N) is 1. The topological polar surface area (TPSA) is 35.5 Å². The van der Waals surface area contributed by atoms with Crippen LogP contribution in [0.15, 0.2) is 24.3 Å². The van der Waals surface area contributed by atoms with E-state index in [-0.39, 0.29) is 17.9 Å². The van der Waals surface area contributed by atoms with Crippen molar-refractivity contribution < 1.29 is 18.3 Å². The third-order valence-corrected chi connectivity index (χ3v) is 5.39. The molecule has 0 saturated carbocycles. The normalized spacial score (nSPS) is 25.1. The molecule has 128 valence electrons. The summed E-state index contributed by atoms with van der Waals surface area (Å²) in [4.78, 5) is 2.27. The van der Waals surface area contributed by atoms with Crippen LogP contribution in [0.3, 0.4) is 0 Å². The third kappa shape index (κ3) is 3.54. The summed E-state index contributed by atoms with van der Waals surface area (Å²) in [6.07, 6.45) is -2.17. The molecule has 0 aliphatic carbocycles. The zero-order valence-electron chi connectivity index (χ0n) is 13.1. The average molecular weight is 328 g/mol. The number of alkyl halides is 3. The molecule has 1 spiro atoms. The van der Waals surface area contributed by atoms with Crippen molar-refractivity contribution in [3.05, 3.63) is 35.4 Å². The molecule has 0 aromatic heterocycles. The van der Waals surface area contributed by atoms with Gasteiger partial charge >= 0.3 is 6.18 Å². The average Bonchev–Trinajstić information content (AvgIpc) is 2.84. The van der Waals surface area contributed by atoms with Crippen molar-refractivity contribution in [2.24, 2.45) is 11.3 Å². The molecular weight excluding hydrogens is 305 g/mol. The van der Waals surface area contributed by atoms with E-state index in [0.29, 0.717) is 6.54 Å². The van der Waals surface area contributed by atoms with Crippen LogP contribution in [0.25, 0.3) is 0 Å². The summed E-state index contributed by atoms with van der Waals surface area (Å²) < 4.78 is 37.8. The van der Waals surface area contributed by atoms with Gasteiger partial charge in [-0.1, -0.05) is 12.1 Å². The second-order valence-corrected chi connectivity index (χ2v) is 6.86. The molecule has 1 aromatic carbocycles. The standard InChI is InChI=1S/C17H23F3N2O/c18-17(19,20)14-3-1-13(2-4-14)9-22-10-15(11-23)16(12-22)5-7-21-8-6-16/h1-4,15,21,23H,5-12H2. The van der Waals surface area contributed by atoms with E-state index in [1.807, 2.05) is 0 Å². The van der Waals surface area contributed by atoms with Crippen molar-refractivity contribution in [1.29, 1.82) is 0 Å². The number of halogens is 3. The highest BCUT2D eigenvalue weighted by molar-refractivity contribution is 5.24. The van der Waals surface area contributed by atoms with Gasteiger partial charge in [0.25, 0.3) is 0 Å². The van der Waals surface area contributed by atoms with Crippen molar-refractivity contribution >= 4 is 0 Å². The molecule has 2 heterocycles. The van der Waals surface area contributed by atoms with Crippen LogP contribution < -0.4 is 5.32 Å². The van der Waals surface area contributed by atoms with Crippen molar-refractivity contribution in [1.82, 2.24) is 10.2 Å². The summed E-state index contributed by atoms with van der Waals surface area (Å²) in [6.45, 7) is 4.51. The quantitative estimate of drug-likeness (QED) is 0.895. The molecule has 0 radical (unpaired) electrons. The van der Waals surface area contributed by atoms with Gasteiger partial charge in [0.05, 0.1) is 5.56 Å². The summed E-state index contributed by atoms with van der Waals surface area (Å²) in [7, 11) is 0. The van der Waals surface area contributed by atoms with Crippen LogP contribution in [-0.2, 0) is 12.7 Å². The number of hydrogen-bond donors (Lipinski definition) is 2. The molecule has 0 bridgehead atoms. The van der Waals surface area contributed by atoms with Gasteiger partial charge in [0.15, 0.2) is 0 Å². The molecule has 2 fully saturated rings. The van der Waals surface area contributed by atoms with Crippen LogP contribution in [-0.4, -0.2) is 42.8 Å². The summed E-state index contributed by atoms with van der Waals surface area (Å²) in [5.74, 6) is 0.263. The SMILES string of the molecule is OCC1CN(Cc2ccc(C(F)(F)F)cc2)CC12CCNCC2. The largest absolute Gasteiger partial charge is 0.416 e. The maximum absolute atomic E-state index is 12.6. The summed E-state index contributed by atoms with van der Waals surface area (Å²) in [6, 6.07) is 5.42. The zero-order valence-corrected chi connectivity index (χ0v) is 13.1. The smallest absolute Gasteiger partial charge is 0.396 e. The van der Waals surface area contributed by atoms with E-state index in [2.05, 4.69) is 10.2 Å². The molecule has 1 aromatic rings. The Morgan fingerprint density at radius 2 is 1.83 bits per heavy atom. The monoisotopic (exact) mass is 328 g/mol. The molecule has 2 saturated heterocycles. The van der Waals surface area contributed by atoms with Gasteiger partial charge in [-0.05, 0) is 49.0 Å². The van der Waals surface area contributed by atoms with E-state index in [0.717, 1.165) is 56.7 Å². The van der Waals surface area contributed by atoms with Crippen molar-refractivity contribution in [2.75, 3.05) is 32.8 Å². The second kappa shape index (κ2) is 6.42. The molecular formula is C17H23F3N2O. The molecule has 2 aliphatic heterocycles. The highest BCUT2D eigenvalue weighted by atomic mass is 19.4. The number of aliphatic hydroxyl groups excluding tert-OH is 1. The Morgan fingerprint density at radius 1 is 1.17 bits per heavy atom. The van der Waals surface area contributed by atoms with Crippen LogP contribution in [0.1, 0.15) is 24.0 Å². The van der Waals surface area contributed by atoms with Gasteiger partial charge in [-0.2, -0.15) is 13.2 Å². The van der Waals surface area contributed by atoms with Crippen LogP contribution in [0.4, 0.5) is 13.2 Å². The Bertz CT molecular complexity index is 524. The molecule has 3 rings (SSSR count). The first-order chi connectivity index (χ1) is 10.9. The van der Waals surface area contributed by atoms with Crippen LogP contribution in [0.2, 0.25) is 0 Å². The highest BCUT2D eigenvalue weighted by Crippen LogP contribution is 2.43. The van der Waals surface area contributed by atoms with Gasteiger partial charge in [-0.25, -0.2) is 0 Å². The fraction of sp³-hybridized carbons (Fsp3) is 0.647. The number of piperidine rings is 1. The number of nitrogens with one attached hydrogen (secondary N) is 1. The first-order valence-corrected chi connectivity index (χ1v) is 8.13.